The molecular formula is C26H23BrFNO3S. The highest BCUT2D eigenvalue weighted by Crippen LogP contribution is 2.37. The highest BCUT2D eigenvalue weighted by molar-refractivity contribution is 9.10. The van der Waals surface area contributed by atoms with Gasteiger partial charge in [0.1, 0.15) is 11.6 Å². The van der Waals surface area contributed by atoms with Crippen LogP contribution in [0.15, 0.2) is 70.0 Å². The second-order valence-electron chi connectivity index (χ2n) is 7.68. The van der Waals surface area contributed by atoms with Gasteiger partial charge in [-0.1, -0.05) is 29.8 Å². The fraction of sp³-hybridized carbons (Fsp3) is 0.192. The zero-order valence-electron chi connectivity index (χ0n) is 18.3. The first-order valence-corrected chi connectivity index (χ1v) is 12.3. The summed E-state index contributed by atoms with van der Waals surface area (Å²) in [7, 11) is 0. The summed E-state index contributed by atoms with van der Waals surface area (Å²) >= 11 is 4.92. The summed E-state index contributed by atoms with van der Waals surface area (Å²) < 4.78 is 21.4. The molecule has 0 atom stereocenters. The van der Waals surface area contributed by atoms with Gasteiger partial charge < -0.3 is 14.4 Å². The van der Waals surface area contributed by atoms with E-state index in [0.29, 0.717) is 27.7 Å². The molecule has 4 rings (SSSR count). The lowest BCUT2D eigenvalue weighted by molar-refractivity contribution is 0.0527. The Balaban J connectivity index is 1.87. The summed E-state index contributed by atoms with van der Waals surface area (Å²) in [6.45, 7) is 4.60. The normalized spacial score (nSPS) is 11.2. The van der Waals surface area contributed by atoms with Crippen molar-refractivity contribution in [2.75, 3.05) is 6.61 Å². The van der Waals surface area contributed by atoms with E-state index in [9.17, 15) is 14.3 Å². The number of esters is 1. The largest absolute Gasteiger partial charge is 0.507 e. The fourth-order valence-corrected chi connectivity index (χ4v) is 4.99. The number of carbonyl (C=O) groups excluding carboxylic acids is 1. The second kappa shape index (κ2) is 10.0. The van der Waals surface area contributed by atoms with Gasteiger partial charge in [-0.15, -0.1) is 11.8 Å². The fourth-order valence-electron chi connectivity index (χ4n) is 3.73. The molecule has 0 radical (unpaired) electrons. The smallest absolute Gasteiger partial charge is 0.340 e. The Labute approximate surface area is 204 Å². The standard InChI is InChI=1S/C26H23BrFNO3S/c1-3-32-26(31)25-20-12-24(30)21(27)13-22(20)29(14-17-6-4-16(2)5-7-17)23(25)15-33-19-10-8-18(28)9-11-19/h4-13,30H,3,14-15H2,1-2H3. The molecule has 0 fully saturated rings. The number of aromatic nitrogens is 1. The lowest BCUT2D eigenvalue weighted by atomic mass is 10.1. The molecule has 1 N–H and O–H groups in total. The zero-order valence-corrected chi connectivity index (χ0v) is 20.7. The maximum atomic E-state index is 13.4. The number of rotatable bonds is 7. The second-order valence-corrected chi connectivity index (χ2v) is 9.58. The van der Waals surface area contributed by atoms with Crippen molar-refractivity contribution in [2.24, 2.45) is 0 Å². The van der Waals surface area contributed by atoms with Gasteiger partial charge in [-0.05, 0) is 71.7 Å². The average molecular weight is 528 g/mol. The number of ether oxygens (including phenoxy) is 1. The van der Waals surface area contributed by atoms with E-state index in [1.807, 2.05) is 13.0 Å². The van der Waals surface area contributed by atoms with Crippen molar-refractivity contribution >= 4 is 44.6 Å². The molecule has 1 heterocycles. The number of benzene rings is 3. The van der Waals surface area contributed by atoms with Gasteiger partial charge in [-0.25, -0.2) is 9.18 Å². The third kappa shape index (κ3) is 5.09. The lowest BCUT2D eigenvalue weighted by Gasteiger charge is -2.13. The maximum Gasteiger partial charge on any atom is 0.340 e. The van der Waals surface area contributed by atoms with Crippen LogP contribution < -0.4 is 0 Å². The molecule has 0 saturated carbocycles. The minimum atomic E-state index is -0.429. The Morgan fingerprint density at radius 2 is 1.82 bits per heavy atom. The minimum absolute atomic E-state index is 0.0540. The van der Waals surface area contributed by atoms with Crippen molar-refractivity contribution in [2.45, 2.75) is 31.0 Å². The number of carbonyl (C=O) groups is 1. The lowest BCUT2D eigenvalue weighted by Crippen LogP contribution is -2.10. The van der Waals surface area contributed by atoms with Crippen LogP contribution in [0.5, 0.6) is 5.75 Å². The first-order valence-electron chi connectivity index (χ1n) is 10.5. The predicted octanol–water partition coefficient (Wildman–Crippen LogP) is 7.07. The van der Waals surface area contributed by atoms with Crippen LogP contribution in [0.3, 0.4) is 0 Å². The van der Waals surface area contributed by atoms with E-state index in [1.54, 1.807) is 25.1 Å². The molecule has 0 saturated heterocycles. The number of phenols is 1. The molecule has 3 aromatic carbocycles. The van der Waals surface area contributed by atoms with E-state index in [1.165, 1.54) is 29.5 Å². The maximum absolute atomic E-state index is 13.4. The number of hydrogen-bond donors (Lipinski definition) is 1. The Kier molecular flexibility index (Phi) is 7.10. The summed E-state index contributed by atoms with van der Waals surface area (Å²) in [6, 6.07) is 18.0. The molecule has 0 unspecified atom stereocenters. The Hall–Kier alpha value is -2.77. The SMILES string of the molecule is CCOC(=O)c1c(CSc2ccc(F)cc2)n(Cc2ccc(C)cc2)c2cc(Br)c(O)cc12. The Bertz CT molecular complexity index is 1300. The van der Waals surface area contributed by atoms with Gasteiger partial charge in [0.05, 0.1) is 22.2 Å². The van der Waals surface area contributed by atoms with Gasteiger partial charge in [0.2, 0.25) is 0 Å². The van der Waals surface area contributed by atoms with Crippen molar-refractivity contribution in [3.05, 3.63) is 93.3 Å². The number of nitrogens with zero attached hydrogens (tertiary/aromatic N) is 1. The Morgan fingerprint density at radius 3 is 2.48 bits per heavy atom. The first-order chi connectivity index (χ1) is 15.9. The molecule has 0 aliphatic carbocycles. The van der Waals surface area contributed by atoms with Crippen molar-refractivity contribution in [3.8, 4) is 5.75 Å². The van der Waals surface area contributed by atoms with Crippen LogP contribution >= 0.6 is 27.7 Å². The first kappa shape index (κ1) is 23.4. The zero-order chi connectivity index (χ0) is 23.5. The third-order valence-electron chi connectivity index (χ3n) is 5.37. The van der Waals surface area contributed by atoms with E-state index >= 15 is 0 Å². The summed E-state index contributed by atoms with van der Waals surface area (Å²) in [4.78, 5) is 13.9. The molecule has 0 aliphatic rings. The van der Waals surface area contributed by atoms with E-state index < -0.39 is 5.97 Å². The van der Waals surface area contributed by atoms with Crippen molar-refractivity contribution < 1.29 is 19.0 Å². The van der Waals surface area contributed by atoms with Gasteiger partial charge in [0.15, 0.2) is 0 Å². The molecule has 4 aromatic rings. The number of fused-ring (bicyclic) bond motifs is 1. The van der Waals surface area contributed by atoms with Gasteiger partial charge in [0, 0.05) is 28.3 Å². The molecule has 0 aliphatic heterocycles. The molecule has 1 aromatic heterocycles. The van der Waals surface area contributed by atoms with Gasteiger partial charge in [-0.3, -0.25) is 0 Å². The topological polar surface area (TPSA) is 51.5 Å². The van der Waals surface area contributed by atoms with Crippen LogP contribution in [-0.2, 0) is 17.0 Å². The minimum Gasteiger partial charge on any atom is -0.507 e. The van der Waals surface area contributed by atoms with Gasteiger partial charge >= 0.3 is 5.97 Å². The number of thioether (sulfide) groups is 1. The van der Waals surface area contributed by atoms with Crippen LogP contribution in [0, 0.1) is 12.7 Å². The summed E-state index contributed by atoms with van der Waals surface area (Å²) in [6.07, 6.45) is 0. The monoisotopic (exact) mass is 527 g/mol. The van der Waals surface area contributed by atoms with Gasteiger partial charge in [0.25, 0.3) is 0 Å². The van der Waals surface area contributed by atoms with Crippen LogP contribution in [0.2, 0.25) is 0 Å². The number of aryl methyl sites for hydroxylation is 1. The van der Waals surface area contributed by atoms with Crippen LogP contribution in [-0.4, -0.2) is 22.2 Å². The number of hydrogen-bond acceptors (Lipinski definition) is 4. The molecule has 0 amide bonds. The van der Waals surface area contributed by atoms with E-state index in [2.05, 4.69) is 44.8 Å². The molecule has 33 heavy (non-hydrogen) atoms. The third-order valence-corrected chi connectivity index (χ3v) is 7.03. The molecular weight excluding hydrogens is 505 g/mol. The van der Waals surface area contributed by atoms with Crippen molar-refractivity contribution in [1.29, 1.82) is 0 Å². The van der Waals surface area contributed by atoms with E-state index in [4.69, 9.17) is 4.74 Å². The quantitative estimate of drug-likeness (QED) is 0.206. The number of aromatic hydroxyl groups is 1. The molecule has 0 spiro atoms. The molecule has 0 bridgehead atoms. The van der Waals surface area contributed by atoms with Crippen molar-refractivity contribution in [1.82, 2.24) is 4.57 Å². The molecule has 4 nitrogen and oxygen atoms in total. The Morgan fingerprint density at radius 1 is 1.12 bits per heavy atom. The number of halogens is 2. The van der Waals surface area contributed by atoms with Crippen molar-refractivity contribution in [3.63, 3.8) is 0 Å². The highest BCUT2D eigenvalue weighted by atomic mass is 79.9. The summed E-state index contributed by atoms with van der Waals surface area (Å²) in [5, 5.41) is 11.0. The number of phenolic OH excluding ortho intramolecular Hbond substituents is 1. The molecule has 170 valence electrons. The average Bonchev–Trinajstić information content (AvgIpc) is 3.07. The van der Waals surface area contributed by atoms with Crippen LogP contribution in [0.4, 0.5) is 4.39 Å². The van der Waals surface area contributed by atoms with Crippen LogP contribution in [0.25, 0.3) is 10.9 Å². The van der Waals surface area contributed by atoms with E-state index in [0.717, 1.165) is 21.7 Å². The molecule has 7 heteroatoms. The predicted molar refractivity (Wildman–Crippen MR) is 134 cm³/mol. The highest BCUT2D eigenvalue weighted by Gasteiger charge is 2.25. The van der Waals surface area contributed by atoms with Crippen LogP contribution in [0.1, 0.15) is 34.1 Å². The summed E-state index contributed by atoms with van der Waals surface area (Å²) in [5.41, 5.74) is 4.30. The van der Waals surface area contributed by atoms with Gasteiger partial charge in [-0.2, -0.15) is 0 Å². The summed E-state index contributed by atoms with van der Waals surface area (Å²) in [5.74, 6) is -0.196. The van der Waals surface area contributed by atoms with E-state index in [-0.39, 0.29) is 18.2 Å².